The van der Waals surface area contributed by atoms with Gasteiger partial charge in [-0.1, -0.05) is 18.2 Å². The molecule has 0 spiro atoms. The number of anilines is 2. The monoisotopic (exact) mass is 368 g/mol. The first-order valence-corrected chi connectivity index (χ1v) is 9.23. The Morgan fingerprint density at radius 1 is 1.19 bits per heavy atom. The van der Waals surface area contributed by atoms with E-state index in [1.54, 1.807) is 12.1 Å². The third-order valence-corrected chi connectivity index (χ3v) is 4.88. The van der Waals surface area contributed by atoms with Crippen molar-refractivity contribution < 1.29 is 18.7 Å². The molecule has 0 bridgehead atoms. The molecule has 1 saturated carbocycles. The minimum atomic E-state index is -0.506. The second kappa shape index (κ2) is 7.39. The summed E-state index contributed by atoms with van der Waals surface area (Å²) in [6.07, 6.45) is 3.81. The van der Waals surface area contributed by atoms with Crippen LogP contribution in [0, 0.1) is 11.7 Å². The van der Waals surface area contributed by atoms with Crippen LogP contribution >= 0.6 is 0 Å². The van der Waals surface area contributed by atoms with E-state index >= 15 is 0 Å². The number of halogens is 1. The molecule has 0 unspecified atom stereocenters. The summed E-state index contributed by atoms with van der Waals surface area (Å²) in [5, 5.41) is 2.76. The second-order valence-electron chi connectivity index (χ2n) is 6.98. The van der Waals surface area contributed by atoms with Crippen LogP contribution < -0.4 is 15.0 Å². The first-order valence-electron chi connectivity index (χ1n) is 9.23. The van der Waals surface area contributed by atoms with Crippen molar-refractivity contribution in [3.8, 4) is 5.75 Å². The van der Waals surface area contributed by atoms with Crippen LogP contribution in [0.1, 0.15) is 24.8 Å². The molecule has 0 radical (unpaired) electrons. The fourth-order valence-electron chi connectivity index (χ4n) is 3.33. The molecule has 6 heteroatoms. The molecule has 2 amide bonds. The quantitative estimate of drug-likeness (QED) is 0.878. The van der Waals surface area contributed by atoms with Gasteiger partial charge < -0.3 is 15.0 Å². The number of hydrogen-bond acceptors (Lipinski definition) is 3. The maximum absolute atomic E-state index is 13.6. The molecule has 5 nitrogen and oxygen atoms in total. The smallest absolute Gasteiger partial charge is 0.262 e. The van der Waals surface area contributed by atoms with Gasteiger partial charge in [-0.2, -0.15) is 0 Å². The van der Waals surface area contributed by atoms with Gasteiger partial charge in [0.15, 0.2) is 18.2 Å². The van der Waals surface area contributed by atoms with Crippen molar-refractivity contribution >= 4 is 23.2 Å². The molecule has 2 aliphatic rings. The zero-order valence-corrected chi connectivity index (χ0v) is 14.9. The van der Waals surface area contributed by atoms with Gasteiger partial charge in [0, 0.05) is 23.8 Å². The van der Waals surface area contributed by atoms with Crippen LogP contribution in [0.5, 0.6) is 5.75 Å². The molecule has 1 heterocycles. The minimum absolute atomic E-state index is 0.0410. The van der Waals surface area contributed by atoms with Crippen molar-refractivity contribution in [2.24, 2.45) is 5.92 Å². The topological polar surface area (TPSA) is 58.6 Å². The minimum Gasteiger partial charge on any atom is -0.481 e. The molecular weight excluding hydrogens is 347 g/mol. The van der Waals surface area contributed by atoms with E-state index in [1.807, 2.05) is 23.1 Å². The Morgan fingerprint density at radius 2 is 2.00 bits per heavy atom. The lowest BCUT2D eigenvalue weighted by Gasteiger charge is -2.30. The van der Waals surface area contributed by atoms with Gasteiger partial charge in [0.25, 0.3) is 5.91 Å². The summed E-state index contributed by atoms with van der Waals surface area (Å²) in [7, 11) is 0. The Hall–Kier alpha value is -2.89. The van der Waals surface area contributed by atoms with Crippen LogP contribution in [-0.4, -0.2) is 25.0 Å². The molecule has 0 atom stereocenters. The summed E-state index contributed by atoms with van der Waals surface area (Å²) in [6, 6.07) is 11.6. The SMILES string of the molecule is O=C(COc1ccccc1F)Nc1ccc2c(c1)N(C(=O)C1CC1)CCC2. The molecular formula is C21H21FN2O3. The highest BCUT2D eigenvalue weighted by atomic mass is 19.1. The zero-order valence-electron chi connectivity index (χ0n) is 14.9. The number of rotatable bonds is 5. The van der Waals surface area contributed by atoms with E-state index < -0.39 is 5.82 Å². The molecule has 1 fully saturated rings. The maximum Gasteiger partial charge on any atom is 0.262 e. The van der Waals surface area contributed by atoms with Crippen LogP contribution in [0.15, 0.2) is 42.5 Å². The average molecular weight is 368 g/mol. The number of carbonyl (C=O) groups excluding carboxylic acids is 2. The van der Waals surface area contributed by atoms with Gasteiger partial charge in [0.2, 0.25) is 5.91 Å². The molecule has 1 aliphatic carbocycles. The number of benzene rings is 2. The molecule has 27 heavy (non-hydrogen) atoms. The Bertz CT molecular complexity index is 879. The van der Waals surface area contributed by atoms with Crippen LogP contribution in [0.3, 0.4) is 0 Å². The van der Waals surface area contributed by atoms with Crippen LogP contribution in [0.4, 0.5) is 15.8 Å². The van der Waals surface area contributed by atoms with Gasteiger partial charge in [0.05, 0.1) is 0 Å². The predicted molar refractivity (Wildman–Crippen MR) is 100 cm³/mol. The number of aryl methyl sites for hydroxylation is 1. The summed E-state index contributed by atoms with van der Waals surface area (Å²) in [5.41, 5.74) is 2.60. The number of ether oxygens (including phenoxy) is 1. The number of fused-ring (bicyclic) bond motifs is 1. The highest BCUT2D eigenvalue weighted by Gasteiger charge is 2.35. The molecule has 1 aliphatic heterocycles. The van der Waals surface area contributed by atoms with E-state index in [0.29, 0.717) is 5.69 Å². The zero-order chi connectivity index (χ0) is 18.8. The fraction of sp³-hybridized carbons (Fsp3) is 0.333. The Balaban J connectivity index is 1.43. The summed E-state index contributed by atoms with van der Waals surface area (Å²) in [6.45, 7) is 0.429. The van der Waals surface area contributed by atoms with Gasteiger partial charge in [-0.25, -0.2) is 4.39 Å². The molecule has 2 aromatic rings. The number of para-hydroxylation sites is 1. The average Bonchev–Trinajstić information content (AvgIpc) is 3.51. The maximum atomic E-state index is 13.6. The van der Waals surface area contributed by atoms with Crippen LogP contribution in [0.25, 0.3) is 0 Å². The molecule has 2 aromatic carbocycles. The Morgan fingerprint density at radius 3 is 2.78 bits per heavy atom. The fourth-order valence-corrected chi connectivity index (χ4v) is 3.33. The number of nitrogens with zero attached hydrogens (tertiary/aromatic N) is 1. The van der Waals surface area contributed by atoms with Gasteiger partial charge >= 0.3 is 0 Å². The van der Waals surface area contributed by atoms with E-state index in [1.165, 1.54) is 12.1 Å². The van der Waals surface area contributed by atoms with Crippen molar-refractivity contribution in [2.75, 3.05) is 23.4 Å². The van der Waals surface area contributed by atoms with Gasteiger partial charge in [-0.05, 0) is 55.5 Å². The highest BCUT2D eigenvalue weighted by Crippen LogP contribution is 2.36. The summed E-state index contributed by atoms with van der Waals surface area (Å²) >= 11 is 0. The summed E-state index contributed by atoms with van der Waals surface area (Å²) < 4.78 is 18.8. The van der Waals surface area contributed by atoms with Crippen molar-refractivity contribution in [3.63, 3.8) is 0 Å². The molecule has 4 rings (SSSR count). The van der Waals surface area contributed by atoms with Crippen molar-refractivity contribution in [1.82, 2.24) is 0 Å². The summed E-state index contributed by atoms with van der Waals surface area (Å²) in [5.74, 6) is -0.507. The van der Waals surface area contributed by atoms with E-state index in [2.05, 4.69) is 5.32 Å². The van der Waals surface area contributed by atoms with Gasteiger partial charge in [-0.3, -0.25) is 9.59 Å². The van der Waals surface area contributed by atoms with Crippen molar-refractivity contribution in [2.45, 2.75) is 25.7 Å². The second-order valence-corrected chi connectivity index (χ2v) is 6.98. The Kier molecular flexibility index (Phi) is 4.79. The summed E-state index contributed by atoms with van der Waals surface area (Å²) in [4.78, 5) is 26.5. The van der Waals surface area contributed by atoms with E-state index in [0.717, 1.165) is 43.5 Å². The molecule has 0 aromatic heterocycles. The first-order chi connectivity index (χ1) is 13.1. The van der Waals surface area contributed by atoms with E-state index in [4.69, 9.17) is 4.74 Å². The van der Waals surface area contributed by atoms with E-state index in [-0.39, 0.29) is 30.1 Å². The lowest BCUT2D eigenvalue weighted by molar-refractivity contribution is -0.120. The number of nitrogens with one attached hydrogen (secondary N) is 1. The van der Waals surface area contributed by atoms with Gasteiger partial charge in [-0.15, -0.1) is 0 Å². The molecule has 140 valence electrons. The first kappa shape index (κ1) is 17.5. The lowest BCUT2D eigenvalue weighted by atomic mass is 10.0. The van der Waals surface area contributed by atoms with E-state index in [9.17, 15) is 14.0 Å². The lowest BCUT2D eigenvalue weighted by Crippen LogP contribution is -2.36. The normalized spacial score (nSPS) is 15.8. The standard InChI is InChI=1S/C21H21FN2O3/c22-17-5-1-2-6-19(17)27-13-20(25)23-16-10-9-14-4-3-11-24(18(14)12-16)21(26)15-7-8-15/h1-2,5-6,9-10,12,15H,3-4,7-8,11,13H2,(H,23,25). The Labute approximate surface area is 157 Å². The van der Waals surface area contributed by atoms with Gasteiger partial charge in [0.1, 0.15) is 0 Å². The number of hydrogen-bond donors (Lipinski definition) is 1. The molecule has 0 saturated heterocycles. The number of amides is 2. The van der Waals surface area contributed by atoms with Crippen molar-refractivity contribution in [1.29, 1.82) is 0 Å². The third-order valence-electron chi connectivity index (χ3n) is 4.88. The predicted octanol–water partition coefficient (Wildman–Crippen LogP) is 3.53. The van der Waals surface area contributed by atoms with Crippen molar-refractivity contribution in [3.05, 3.63) is 53.8 Å². The third kappa shape index (κ3) is 3.94. The number of carbonyl (C=O) groups is 2. The van der Waals surface area contributed by atoms with Crippen LogP contribution in [-0.2, 0) is 16.0 Å². The largest absolute Gasteiger partial charge is 0.481 e. The van der Waals surface area contributed by atoms with Crippen LogP contribution in [0.2, 0.25) is 0 Å². The molecule has 1 N–H and O–H groups in total. The highest BCUT2D eigenvalue weighted by molar-refractivity contribution is 5.99.